The highest BCUT2D eigenvalue weighted by Gasteiger charge is 2.17. The summed E-state index contributed by atoms with van der Waals surface area (Å²) < 4.78 is 0. The Morgan fingerprint density at radius 1 is 1.38 bits per heavy atom. The van der Waals surface area contributed by atoms with Gasteiger partial charge in [0.05, 0.1) is 11.4 Å². The summed E-state index contributed by atoms with van der Waals surface area (Å²) in [7, 11) is 0. The number of nitrogens with one attached hydrogen (secondary N) is 1. The van der Waals surface area contributed by atoms with E-state index in [4.69, 9.17) is 11.6 Å². The van der Waals surface area contributed by atoms with Gasteiger partial charge in [-0.05, 0) is 63.4 Å². The molecule has 1 saturated heterocycles. The molecule has 0 radical (unpaired) electrons. The lowest BCUT2D eigenvalue weighted by Gasteiger charge is -2.30. The van der Waals surface area contributed by atoms with Crippen molar-refractivity contribution < 1.29 is 4.79 Å². The van der Waals surface area contributed by atoms with Gasteiger partial charge >= 0.3 is 0 Å². The summed E-state index contributed by atoms with van der Waals surface area (Å²) in [6.45, 7) is 8.11. The molecule has 0 unspecified atom stereocenters. The van der Waals surface area contributed by atoms with Crippen molar-refractivity contribution >= 4 is 17.5 Å². The van der Waals surface area contributed by atoms with Crippen LogP contribution in [0.4, 0.5) is 0 Å². The van der Waals surface area contributed by atoms with Gasteiger partial charge in [-0.1, -0.05) is 24.6 Å². The third-order valence-corrected chi connectivity index (χ3v) is 4.95. The van der Waals surface area contributed by atoms with Gasteiger partial charge in [0.15, 0.2) is 5.69 Å². The van der Waals surface area contributed by atoms with E-state index in [0.717, 1.165) is 24.6 Å². The van der Waals surface area contributed by atoms with Crippen molar-refractivity contribution in [1.29, 1.82) is 0 Å². The van der Waals surface area contributed by atoms with Gasteiger partial charge in [0.1, 0.15) is 0 Å². The van der Waals surface area contributed by atoms with E-state index in [1.54, 1.807) is 19.1 Å². The topological polar surface area (TPSA) is 63.1 Å². The SMILES string of the molecule is Cc1nn(-c2cccc(Cl)c2)nc1C(=O)NCCCN1CCC[C@H](C)C1. The fourth-order valence-corrected chi connectivity index (χ4v) is 3.57. The van der Waals surface area contributed by atoms with Crippen LogP contribution in [0.15, 0.2) is 24.3 Å². The lowest BCUT2D eigenvalue weighted by atomic mass is 10.0. The van der Waals surface area contributed by atoms with Gasteiger partial charge in [0.2, 0.25) is 0 Å². The molecule has 6 nitrogen and oxygen atoms in total. The highest BCUT2D eigenvalue weighted by molar-refractivity contribution is 6.30. The minimum Gasteiger partial charge on any atom is -0.351 e. The molecule has 1 aromatic carbocycles. The molecule has 0 bridgehead atoms. The zero-order chi connectivity index (χ0) is 18.5. The van der Waals surface area contributed by atoms with Crippen LogP contribution in [0.5, 0.6) is 0 Å². The Bertz CT molecular complexity index is 760. The second kappa shape index (κ2) is 8.64. The highest BCUT2D eigenvalue weighted by atomic mass is 35.5. The molecule has 2 aromatic rings. The molecule has 1 atom stereocenters. The number of carbonyl (C=O) groups is 1. The quantitative estimate of drug-likeness (QED) is 0.788. The molecule has 1 aromatic heterocycles. The van der Waals surface area contributed by atoms with Crippen LogP contribution in [0.25, 0.3) is 5.69 Å². The van der Waals surface area contributed by atoms with Gasteiger partial charge in [-0.3, -0.25) is 4.79 Å². The third-order valence-electron chi connectivity index (χ3n) is 4.71. The molecule has 2 heterocycles. The first-order chi connectivity index (χ1) is 12.5. The average Bonchev–Trinajstić information content (AvgIpc) is 3.01. The Morgan fingerprint density at radius 3 is 3.00 bits per heavy atom. The molecule has 1 fully saturated rings. The van der Waals surface area contributed by atoms with Gasteiger partial charge in [0, 0.05) is 18.1 Å². The number of carbonyl (C=O) groups excluding carboxylic acids is 1. The second-order valence-electron chi connectivity index (χ2n) is 7.06. The van der Waals surface area contributed by atoms with E-state index < -0.39 is 0 Å². The van der Waals surface area contributed by atoms with E-state index in [2.05, 4.69) is 27.3 Å². The average molecular weight is 376 g/mol. The van der Waals surface area contributed by atoms with Crippen molar-refractivity contribution in [2.24, 2.45) is 5.92 Å². The highest BCUT2D eigenvalue weighted by Crippen LogP contribution is 2.16. The van der Waals surface area contributed by atoms with Crippen molar-refractivity contribution in [2.75, 3.05) is 26.2 Å². The van der Waals surface area contributed by atoms with Gasteiger partial charge in [-0.2, -0.15) is 9.90 Å². The Morgan fingerprint density at radius 2 is 2.23 bits per heavy atom. The van der Waals surface area contributed by atoms with E-state index >= 15 is 0 Å². The second-order valence-corrected chi connectivity index (χ2v) is 7.50. The molecule has 1 aliphatic rings. The number of halogens is 1. The number of hydrogen-bond donors (Lipinski definition) is 1. The smallest absolute Gasteiger partial charge is 0.273 e. The standard InChI is InChI=1S/C19H26ClN5O/c1-14-6-4-10-24(13-14)11-5-9-21-19(26)18-15(2)22-25(23-18)17-8-3-7-16(20)12-17/h3,7-8,12,14H,4-6,9-11,13H2,1-2H3,(H,21,26)/t14-/m0/s1. The molecular weight excluding hydrogens is 350 g/mol. The molecule has 0 spiro atoms. The van der Waals surface area contributed by atoms with Crippen LogP contribution in [0.2, 0.25) is 5.02 Å². The number of piperidine rings is 1. The van der Waals surface area contributed by atoms with Crippen LogP contribution in [-0.2, 0) is 0 Å². The molecule has 1 amide bonds. The molecular formula is C19H26ClN5O. The van der Waals surface area contributed by atoms with Crippen LogP contribution in [0, 0.1) is 12.8 Å². The van der Waals surface area contributed by atoms with Crippen LogP contribution in [0.3, 0.4) is 0 Å². The molecule has 1 aliphatic heterocycles. The minimum absolute atomic E-state index is 0.178. The summed E-state index contributed by atoms with van der Waals surface area (Å²) in [5.74, 6) is 0.602. The number of nitrogens with zero attached hydrogens (tertiary/aromatic N) is 4. The van der Waals surface area contributed by atoms with Gasteiger partial charge in [-0.25, -0.2) is 0 Å². The Kier molecular flexibility index (Phi) is 6.27. The minimum atomic E-state index is -0.178. The fourth-order valence-electron chi connectivity index (χ4n) is 3.38. The molecule has 7 heteroatoms. The largest absolute Gasteiger partial charge is 0.351 e. The lowest BCUT2D eigenvalue weighted by Crippen LogP contribution is -2.36. The van der Waals surface area contributed by atoms with Gasteiger partial charge in [0.25, 0.3) is 5.91 Å². The summed E-state index contributed by atoms with van der Waals surface area (Å²) in [6.07, 6.45) is 3.55. The van der Waals surface area contributed by atoms with Gasteiger partial charge < -0.3 is 10.2 Å². The summed E-state index contributed by atoms with van der Waals surface area (Å²) in [4.78, 5) is 16.4. The molecule has 140 valence electrons. The summed E-state index contributed by atoms with van der Waals surface area (Å²) in [5.41, 5.74) is 1.70. The van der Waals surface area contributed by atoms with Crippen LogP contribution < -0.4 is 5.32 Å². The Balaban J connectivity index is 1.52. The van der Waals surface area contributed by atoms with Crippen LogP contribution in [0.1, 0.15) is 42.4 Å². The molecule has 3 rings (SSSR count). The number of aryl methyl sites for hydroxylation is 1. The van der Waals surface area contributed by atoms with E-state index in [9.17, 15) is 4.79 Å². The molecule has 1 N–H and O–H groups in total. The summed E-state index contributed by atoms with van der Waals surface area (Å²) in [5, 5.41) is 12.2. The zero-order valence-corrected chi connectivity index (χ0v) is 16.2. The van der Waals surface area contributed by atoms with Crippen molar-refractivity contribution in [3.63, 3.8) is 0 Å². The van der Waals surface area contributed by atoms with Crippen molar-refractivity contribution in [1.82, 2.24) is 25.2 Å². The van der Waals surface area contributed by atoms with Crippen LogP contribution >= 0.6 is 11.6 Å². The number of hydrogen-bond acceptors (Lipinski definition) is 4. The molecule has 0 saturated carbocycles. The summed E-state index contributed by atoms with van der Waals surface area (Å²) >= 11 is 6.01. The normalized spacial score (nSPS) is 18.0. The maximum atomic E-state index is 12.4. The van der Waals surface area contributed by atoms with Crippen LogP contribution in [-0.4, -0.2) is 52.0 Å². The Hall–Kier alpha value is -1.92. The number of amides is 1. The number of benzene rings is 1. The number of aromatic nitrogens is 3. The van der Waals surface area contributed by atoms with Crippen molar-refractivity contribution in [3.8, 4) is 5.69 Å². The third kappa shape index (κ3) is 4.83. The first kappa shape index (κ1) is 18.9. The first-order valence-corrected chi connectivity index (χ1v) is 9.61. The number of likely N-dealkylation sites (tertiary alicyclic amines) is 1. The fraction of sp³-hybridized carbons (Fsp3) is 0.526. The van der Waals surface area contributed by atoms with Gasteiger partial charge in [-0.15, -0.1) is 5.10 Å². The summed E-state index contributed by atoms with van der Waals surface area (Å²) in [6, 6.07) is 7.24. The van der Waals surface area contributed by atoms with E-state index in [1.165, 1.54) is 30.7 Å². The number of rotatable bonds is 6. The predicted molar refractivity (Wildman–Crippen MR) is 103 cm³/mol. The maximum absolute atomic E-state index is 12.4. The van der Waals surface area contributed by atoms with E-state index in [-0.39, 0.29) is 5.91 Å². The monoisotopic (exact) mass is 375 g/mol. The first-order valence-electron chi connectivity index (χ1n) is 9.23. The maximum Gasteiger partial charge on any atom is 0.273 e. The predicted octanol–water partition coefficient (Wildman–Crippen LogP) is 3.08. The molecule has 26 heavy (non-hydrogen) atoms. The zero-order valence-electron chi connectivity index (χ0n) is 15.4. The van der Waals surface area contributed by atoms with Crippen molar-refractivity contribution in [2.45, 2.75) is 33.1 Å². The lowest BCUT2D eigenvalue weighted by molar-refractivity contribution is 0.0944. The Labute approximate surface area is 159 Å². The molecule has 0 aliphatic carbocycles. The van der Waals surface area contributed by atoms with E-state index in [1.807, 2.05) is 12.1 Å². The van der Waals surface area contributed by atoms with Crippen molar-refractivity contribution in [3.05, 3.63) is 40.7 Å². The van der Waals surface area contributed by atoms with E-state index in [0.29, 0.717) is 23.0 Å².